The second kappa shape index (κ2) is 6.20. The molecule has 0 radical (unpaired) electrons. The summed E-state index contributed by atoms with van der Waals surface area (Å²) in [6, 6.07) is 0. The van der Waals surface area contributed by atoms with E-state index in [4.69, 9.17) is 5.11 Å². The van der Waals surface area contributed by atoms with E-state index in [1.54, 1.807) is 0 Å². The second-order valence-corrected chi connectivity index (χ2v) is 6.53. The van der Waals surface area contributed by atoms with Crippen molar-refractivity contribution in [3.8, 4) is 0 Å². The zero-order chi connectivity index (χ0) is 12.0. The van der Waals surface area contributed by atoms with Crippen molar-refractivity contribution in [2.75, 3.05) is 24.6 Å². The van der Waals surface area contributed by atoms with Crippen LogP contribution in [0.15, 0.2) is 0 Å². The maximum Gasteiger partial charge on any atom is 0.303 e. The molecular weight excluding hydrogens is 230 g/mol. The Balaban J connectivity index is 2.29. The Morgan fingerprint density at radius 1 is 1.31 bits per heavy atom. The third kappa shape index (κ3) is 5.46. The average Bonchev–Trinajstić information content (AvgIpc) is 2.17. The third-order valence-electron chi connectivity index (χ3n) is 2.79. The van der Waals surface area contributed by atoms with Gasteiger partial charge in [0, 0.05) is 6.42 Å². The summed E-state index contributed by atoms with van der Waals surface area (Å²) < 4.78 is 23.3. The fraction of sp³-hybridized carbons (Fsp3) is 0.900. The number of nitrogens with one attached hydrogen (secondary N) is 1. The quantitative estimate of drug-likeness (QED) is 0.705. The molecular formula is C10H19NO4S. The second-order valence-electron chi connectivity index (χ2n) is 4.31. The van der Waals surface area contributed by atoms with Crippen LogP contribution in [0.1, 0.15) is 25.7 Å². The van der Waals surface area contributed by atoms with E-state index in [2.05, 4.69) is 5.32 Å². The van der Waals surface area contributed by atoms with Crippen molar-refractivity contribution in [3.05, 3.63) is 0 Å². The van der Waals surface area contributed by atoms with Gasteiger partial charge in [-0.2, -0.15) is 0 Å². The molecule has 1 fully saturated rings. The van der Waals surface area contributed by atoms with Crippen molar-refractivity contribution >= 4 is 15.8 Å². The molecule has 1 saturated heterocycles. The topological polar surface area (TPSA) is 83.5 Å². The van der Waals surface area contributed by atoms with Gasteiger partial charge in [0.1, 0.15) is 0 Å². The number of hydrogen-bond donors (Lipinski definition) is 2. The molecule has 0 aliphatic carbocycles. The van der Waals surface area contributed by atoms with Crippen LogP contribution in [0.25, 0.3) is 0 Å². The van der Waals surface area contributed by atoms with Gasteiger partial charge in [-0.3, -0.25) is 4.79 Å². The molecule has 16 heavy (non-hydrogen) atoms. The molecule has 6 heteroatoms. The number of sulfone groups is 1. The highest BCUT2D eigenvalue weighted by Gasteiger charge is 2.21. The molecule has 0 unspecified atom stereocenters. The van der Waals surface area contributed by atoms with Gasteiger partial charge in [0.05, 0.1) is 11.5 Å². The van der Waals surface area contributed by atoms with Crippen LogP contribution in [-0.2, 0) is 14.6 Å². The highest BCUT2D eigenvalue weighted by atomic mass is 32.2. The molecule has 0 bridgehead atoms. The minimum absolute atomic E-state index is 0.00320. The molecule has 0 aromatic heterocycles. The van der Waals surface area contributed by atoms with Gasteiger partial charge >= 0.3 is 5.97 Å². The Hall–Kier alpha value is -0.620. The van der Waals surface area contributed by atoms with Crippen LogP contribution in [0.3, 0.4) is 0 Å². The number of rotatable bonds is 6. The van der Waals surface area contributed by atoms with Crippen LogP contribution >= 0.6 is 0 Å². The molecule has 5 nitrogen and oxygen atoms in total. The van der Waals surface area contributed by atoms with E-state index >= 15 is 0 Å². The normalized spacial score (nSPS) is 18.5. The first-order valence-electron chi connectivity index (χ1n) is 5.62. The summed E-state index contributed by atoms with van der Waals surface area (Å²) in [6.45, 7) is 1.77. The van der Waals surface area contributed by atoms with Crippen LogP contribution in [0, 0.1) is 5.92 Å². The first kappa shape index (κ1) is 13.4. The number of piperidine rings is 1. The fourth-order valence-corrected chi connectivity index (χ4v) is 3.74. The van der Waals surface area contributed by atoms with Gasteiger partial charge in [0.15, 0.2) is 9.84 Å². The fourth-order valence-electron chi connectivity index (χ4n) is 1.93. The van der Waals surface area contributed by atoms with E-state index in [1.807, 2.05) is 0 Å². The number of hydrogen-bond acceptors (Lipinski definition) is 4. The Kier molecular flexibility index (Phi) is 5.21. The van der Waals surface area contributed by atoms with Gasteiger partial charge in [-0.15, -0.1) is 0 Å². The zero-order valence-electron chi connectivity index (χ0n) is 9.31. The van der Waals surface area contributed by atoms with Crippen molar-refractivity contribution in [1.82, 2.24) is 5.32 Å². The van der Waals surface area contributed by atoms with E-state index in [9.17, 15) is 13.2 Å². The lowest BCUT2D eigenvalue weighted by Gasteiger charge is -2.22. The summed E-state index contributed by atoms with van der Waals surface area (Å²) in [6.07, 6.45) is 1.96. The van der Waals surface area contributed by atoms with E-state index < -0.39 is 15.8 Å². The lowest BCUT2D eigenvalue weighted by molar-refractivity contribution is -0.137. The van der Waals surface area contributed by atoms with Gasteiger partial charge in [0.25, 0.3) is 0 Å². The Morgan fingerprint density at radius 2 is 1.94 bits per heavy atom. The summed E-state index contributed by atoms with van der Waals surface area (Å²) in [5, 5.41) is 11.6. The molecule has 0 spiro atoms. The molecule has 2 N–H and O–H groups in total. The highest BCUT2D eigenvalue weighted by Crippen LogP contribution is 2.15. The molecule has 0 atom stereocenters. The van der Waals surface area contributed by atoms with Crippen LogP contribution in [-0.4, -0.2) is 44.1 Å². The van der Waals surface area contributed by atoms with E-state index in [0.29, 0.717) is 0 Å². The molecule has 1 aliphatic rings. The van der Waals surface area contributed by atoms with Gasteiger partial charge in [0.2, 0.25) is 0 Å². The minimum Gasteiger partial charge on any atom is -0.481 e. The smallest absolute Gasteiger partial charge is 0.303 e. The number of aliphatic carboxylic acids is 1. The largest absolute Gasteiger partial charge is 0.481 e. The lowest BCUT2D eigenvalue weighted by atomic mass is 10.0. The van der Waals surface area contributed by atoms with Crippen LogP contribution in [0.4, 0.5) is 0 Å². The van der Waals surface area contributed by atoms with Crippen molar-refractivity contribution < 1.29 is 18.3 Å². The Morgan fingerprint density at radius 3 is 2.50 bits per heavy atom. The summed E-state index contributed by atoms with van der Waals surface area (Å²) in [5.74, 6) is -0.467. The predicted octanol–water partition coefficient (Wildman–Crippen LogP) is 0.266. The number of carbonyl (C=O) groups is 1. The molecule has 1 aliphatic heterocycles. The van der Waals surface area contributed by atoms with E-state index in [-0.39, 0.29) is 30.3 Å². The van der Waals surface area contributed by atoms with Crippen LogP contribution in [0.5, 0.6) is 0 Å². The lowest BCUT2D eigenvalue weighted by Crippen LogP contribution is -2.32. The van der Waals surface area contributed by atoms with Gasteiger partial charge in [-0.25, -0.2) is 8.42 Å². The van der Waals surface area contributed by atoms with Gasteiger partial charge < -0.3 is 10.4 Å². The summed E-state index contributed by atoms with van der Waals surface area (Å²) in [7, 11) is -3.07. The van der Waals surface area contributed by atoms with Crippen molar-refractivity contribution in [1.29, 1.82) is 0 Å². The van der Waals surface area contributed by atoms with E-state index in [1.165, 1.54) is 0 Å². The van der Waals surface area contributed by atoms with Crippen molar-refractivity contribution in [2.24, 2.45) is 5.92 Å². The van der Waals surface area contributed by atoms with Crippen LogP contribution < -0.4 is 5.32 Å². The molecule has 0 aromatic carbocycles. The standard InChI is InChI=1S/C10H19NO4S/c12-10(13)2-1-7-16(14,15)8-9-3-5-11-6-4-9/h9,11H,1-8H2,(H,12,13). The van der Waals surface area contributed by atoms with Crippen molar-refractivity contribution in [2.45, 2.75) is 25.7 Å². The molecule has 0 amide bonds. The molecule has 94 valence electrons. The summed E-state index contributed by atoms with van der Waals surface area (Å²) >= 11 is 0. The minimum atomic E-state index is -3.07. The molecule has 1 heterocycles. The highest BCUT2D eigenvalue weighted by molar-refractivity contribution is 7.91. The Labute approximate surface area is 96.1 Å². The van der Waals surface area contributed by atoms with E-state index in [0.717, 1.165) is 25.9 Å². The first-order valence-corrected chi connectivity index (χ1v) is 7.45. The maximum absolute atomic E-state index is 11.7. The molecule has 1 rings (SSSR count). The number of carboxylic acid groups (broad SMARTS) is 1. The first-order chi connectivity index (χ1) is 7.49. The molecule has 0 saturated carbocycles. The maximum atomic E-state index is 11.7. The monoisotopic (exact) mass is 249 g/mol. The Bertz CT molecular complexity index is 320. The average molecular weight is 249 g/mol. The van der Waals surface area contributed by atoms with Crippen molar-refractivity contribution in [3.63, 3.8) is 0 Å². The van der Waals surface area contributed by atoms with Gasteiger partial charge in [-0.1, -0.05) is 0 Å². The molecule has 0 aromatic rings. The number of carboxylic acids is 1. The summed E-state index contributed by atoms with van der Waals surface area (Å²) in [4.78, 5) is 10.3. The predicted molar refractivity (Wildman–Crippen MR) is 61.1 cm³/mol. The van der Waals surface area contributed by atoms with Gasteiger partial charge in [-0.05, 0) is 38.3 Å². The van der Waals surface area contributed by atoms with Crippen LogP contribution in [0.2, 0.25) is 0 Å². The zero-order valence-corrected chi connectivity index (χ0v) is 10.1. The summed E-state index contributed by atoms with van der Waals surface area (Å²) in [5.41, 5.74) is 0. The third-order valence-corrected chi connectivity index (χ3v) is 4.68. The SMILES string of the molecule is O=C(O)CCCS(=O)(=O)CC1CCNCC1.